The quantitative estimate of drug-likeness (QED) is 0.834. The van der Waals surface area contributed by atoms with Gasteiger partial charge in [-0.3, -0.25) is 4.79 Å². The molecule has 1 saturated heterocycles. The Bertz CT molecular complexity index is 411. The van der Waals surface area contributed by atoms with Crippen LogP contribution in [0, 0.1) is 12.8 Å². The molecule has 17 heavy (non-hydrogen) atoms. The summed E-state index contributed by atoms with van der Waals surface area (Å²) < 4.78 is 5.25. The molecule has 0 spiro atoms. The molecule has 1 aromatic carbocycles. The van der Waals surface area contributed by atoms with Crippen LogP contribution in [0.25, 0.3) is 0 Å². The van der Waals surface area contributed by atoms with Crippen LogP contribution in [0.1, 0.15) is 22.3 Å². The molecule has 1 aromatic rings. The Morgan fingerprint density at radius 3 is 3.06 bits per heavy atom. The summed E-state index contributed by atoms with van der Waals surface area (Å²) in [5, 5.41) is 12.3. The second-order valence-electron chi connectivity index (χ2n) is 4.44. The second kappa shape index (κ2) is 5.19. The SMILES string of the molecule is Cc1cc(C(=O)NCC2CCOC2)ccc1O. The van der Waals surface area contributed by atoms with Gasteiger partial charge in [0.15, 0.2) is 0 Å². The number of aryl methyl sites for hydroxylation is 1. The molecule has 1 atom stereocenters. The first-order valence-electron chi connectivity index (χ1n) is 5.82. The van der Waals surface area contributed by atoms with E-state index >= 15 is 0 Å². The van der Waals surface area contributed by atoms with Gasteiger partial charge in [-0.1, -0.05) is 0 Å². The van der Waals surface area contributed by atoms with Crippen LogP contribution in [-0.2, 0) is 4.74 Å². The van der Waals surface area contributed by atoms with Gasteiger partial charge in [-0.05, 0) is 37.1 Å². The summed E-state index contributed by atoms with van der Waals surface area (Å²) in [4.78, 5) is 11.8. The van der Waals surface area contributed by atoms with E-state index in [4.69, 9.17) is 4.74 Å². The molecule has 1 unspecified atom stereocenters. The molecule has 4 nitrogen and oxygen atoms in total. The van der Waals surface area contributed by atoms with E-state index in [-0.39, 0.29) is 11.7 Å². The number of phenolic OH excluding ortho intramolecular Hbond substituents is 1. The summed E-state index contributed by atoms with van der Waals surface area (Å²) in [6, 6.07) is 4.86. The lowest BCUT2D eigenvalue weighted by atomic mass is 10.1. The number of nitrogens with one attached hydrogen (secondary N) is 1. The van der Waals surface area contributed by atoms with E-state index in [9.17, 15) is 9.90 Å². The second-order valence-corrected chi connectivity index (χ2v) is 4.44. The number of ether oxygens (including phenoxy) is 1. The van der Waals surface area contributed by atoms with Gasteiger partial charge in [-0.25, -0.2) is 0 Å². The number of hydrogen-bond acceptors (Lipinski definition) is 3. The minimum atomic E-state index is -0.0972. The van der Waals surface area contributed by atoms with E-state index in [2.05, 4.69) is 5.32 Å². The number of carbonyl (C=O) groups is 1. The third kappa shape index (κ3) is 2.97. The molecule has 0 aliphatic carbocycles. The van der Waals surface area contributed by atoms with E-state index in [1.807, 2.05) is 0 Å². The van der Waals surface area contributed by atoms with Crippen molar-refractivity contribution in [2.45, 2.75) is 13.3 Å². The molecule has 2 rings (SSSR count). The Kier molecular flexibility index (Phi) is 3.64. The highest BCUT2D eigenvalue weighted by molar-refractivity contribution is 5.94. The minimum absolute atomic E-state index is 0.0972. The number of hydrogen-bond donors (Lipinski definition) is 2. The smallest absolute Gasteiger partial charge is 0.251 e. The van der Waals surface area contributed by atoms with Gasteiger partial charge in [0.05, 0.1) is 6.61 Å². The van der Waals surface area contributed by atoms with Gasteiger partial charge < -0.3 is 15.2 Å². The summed E-state index contributed by atoms with van der Waals surface area (Å²) in [6.07, 6.45) is 1.01. The molecule has 1 fully saturated rings. The van der Waals surface area contributed by atoms with Crippen molar-refractivity contribution in [1.29, 1.82) is 0 Å². The van der Waals surface area contributed by atoms with Crippen molar-refractivity contribution in [3.8, 4) is 5.75 Å². The number of benzene rings is 1. The summed E-state index contributed by atoms with van der Waals surface area (Å²) in [7, 11) is 0. The van der Waals surface area contributed by atoms with E-state index in [1.165, 1.54) is 0 Å². The molecule has 0 aromatic heterocycles. The van der Waals surface area contributed by atoms with E-state index < -0.39 is 0 Å². The van der Waals surface area contributed by atoms with Crippen molar-refractivity contribution in [2.75, 3.05) is 19.8 Å². The van der Waals surface area contributed by atoms with Crippen molar-refractivity contribution < 1.29 is 14.6 Å². The van der Waals surface area contributed by atoms with Crippen LogP contribution in [0.5, 0.6) is 5.75 Å². The van der Waals surface area contributed by atoms with Crippen LogP contribution in [0.15, 0.2) is 18.2 Å². The Morgan fingerprint density at radius 1 is 1.59 bits per heavy atom. The number of aromatic hydroxyl groups is 1. The highest BCUT2D eigenvalue weighted by Crippen LogP contribution is 2.17. The molecule has 0 bridgehead atoms. The molecule has 0 radical (unpaired) electrons. The van der Waals surface area contributed by atoms with Crippen LogP contribution >= 0.6 is 0 Å². The van der Waals surface area contributed by atoms with E-state index in [0.29, 0.717) is 23.6 Å². The normalized spacial score (nSPS) is 19.2. The first-order valence-corrected chi connectivity index (χ1v) is 5.82. The Labute approximate surface area is 101 Å². The highest BCUT2D eigenvalue weighted by atomic mass is 16.5. The summed E-state index contributed by atoms with van der Waals surface area (Å²) >= 11 is 0. The van der Waals surface area contributed by atoms with Crippen molar-refractivity contribution >= 4 is 5.91 Å². The van der Waals surface area contributed by atoms with Crippen molar-refractivity contribution in [3.63, 3.8) is 0 Å². The zero-order valence-corrected chi connectivity index (χ0v) is 9.90. The third-order valence-corrected chi connectivity index (χ3v) is 3.03. The van der Waals surface area contributed by atoms with Gasteiger partial charge in [-0.2, -0.15) is 0 Å². The molecule has 1 aliphatic heterocycles. The third-order valence-electron chi connectivity index (χ3n) is 3.03. The van der Waals surface area contributed by atoms with Crippen molar-refractivity contribution in [1.82, 2.24) is 5.32 Å². The number of amides is 1. The maximum Gasteiger partial charge on any atom is 0.251 e. The molecule has 2 N–H and O–H groups in total. The molecular weight excluding hydrogens is 218 g/mol. The molecule has 4 heteroatoms. The number of phenols is 1. The van der Waals surface area contributed by atoms with Crippen LogP contribution in [-0.4, -0.2) is 30.8 Å². The number of carbonyl (C=O) groups excluding carboxylic acids is 1. The fourth-order valence-corrected chi connectivity index (χ4v) is 1.88. The van der Waals surface area contributed by atoms with Gasteiger partial charge in [0.1, 0.15) is 5.75 Å². The zero-order chi connectivity index (χ0) is 12.3. The van der Waals surface area contributed by atoms with Gasteiger partial charge in [0, 0.05) is 24.6 Å². The average Bonchev–Trinajstić information content (AvgIpc) is 2.82. The molecule has 1 amide bonds. The zero-order valence-electron chi connectivity index (χ0n) is 9.90. The lowest BCUT2D eigenvalue weighted by molar-refractivity contribution is 0.0945. The standard InChI is InChI=1S/C13H17NO3/c1-9-6-11(2-3-12(9)15)13(16)14-7-10-4-5-17-8-10/h2-3,6,10,15H,4-5,7-8H2,1H3,(H,14,16). The predicted molar refractivity (Wildman–Crippen MR) is 64.1 cm³/mol. The molecule has 1 heterocycles. The fraction of sp³-hybridized carbons (Fsp3) is 0.462. The fourth-order valence-electron chi connectivity index (χ4n) is 1.88. The van der Waals surface area contributed by atoms with E-state index in [1.54, 1.807) is 25.1 Å². The predicted octanol–water partition coefficient (Wildman–Crippen LogP) is 1.47. The number of rotatable bonds is 3. The van der Waals surface area contributed by atoms with Gasteiger partial charge >= 0.3 is 0 Å². The molecular formula is C13H17NO3. The van der Waals surface area contributed by atoms with Crippen LogP contribution in [0.4, 0.5) is 0 Å². The molecule has 0 saturated carbocycles. The first kappa shape index (κ1) is 11.9. The maximum atomic E-state index is 11.8. The van der Waals surface area contributed by atoms with Crippen molar-refractivity contribution in [3.05, 3.63) is 29.3 Å². The topological polar surface area (TPSA) is 58.6 Å². The van der Waals surface area contributed by atoms with Gasteiger partial charge in [0.2, 0.25) is 0 Å². The summed E-state index contributed by atoms with van der Waals surface area (Å²) in [6.45, 7) is 3.95. The van der Waals surface area contributed by atoms with Crippen LogP contribution < -0.4 is 5.32 Å². The first-order chi connectivity index (χ1) is 8.16. The molecule has 92 valence electrons. The van der Waals surface area contributed by atoms with Gasteiger partial charge in [0.25, 0.3) is 5.91 Å². The minimum Gasteiger partial charge on any atom is -0.508 e. The Hall–Kier alpha value is -1.55. The Morgan fingerprint density at radius 2 is 2.41 bits per heavy atom. The average molecular weight is 235 g/mol. The lowest BCUT2D eigenvalue weighted by Crippen LogP contribution is -2.29. The van der Waals surface area contributed by atoms with E-state index in [0.717, 1.165) is 19.6 Å². The summed E-state index contributed by atoms with van der Waals surface area (Å²) in [5.41, 5.74) is 1.29. The van der Waals surface area contributed by atoms with Gasteiger partial charge in [-0.15, -0.1) is 0 Å². The van der Waals surface area contributed by atoms with Crippen LogP contribution in [0.2, 0.25) is 0 Å². The maximum absolute atomic E-state index is 11.8. The van der Waals surface area contributed by atoms with Crippen molar-refractivity contribution in [2.24, 2.45) is 5.92 Å². The van der Waals surface area contributed by atoms with Crippen LogP contribution in [0.3, 0.4) is 0 Å². The lowest BCUT2D eigenvalue weighted by Gasteiger charge is -2.10. The monoisotopic (exact) mass is 235 g/mol. The largest absolute Gasteiger partial charge is 0.508 e. The Balaban J connectivity index is 1.92. The molecule has 1 aliphatic rings. The summed E-state index contributed by atoms with van der Waals surface area (Å²) in [5.74, 6) is 0.544. The highest BCUT2D eigenvalue weighted by Gasteiger charge is 2.16.